The van der Waals surface area contributed by atoms with Gasteiger partial charge >= 0.3 is 5.97 Å². The Morgan fingerprint density at radius 3 is 2.64 bits per heavy atom. The van der Waals surface area contributed by atoms with Crippen LogP contribution in [0, 0.1) is 0 Å². The third kappa shape index (κ3) is 5.20. The van der Waals surface area contributed by atoms with Crippen LogP contribution in [0.2, 0.25) is 0 Å². The van der Waals surface area contributed by atoms with Crippen molar-refractivity contribution < 1.29 is 14.3 Å². The molecule has 0 amide bonds. The van der Waals surface area contributed by atoms with E-state index in [1.807, 2.05) is 24.3 Å². The van der Waals surface area contributed by atoms with Crippen LogP contribution in [0.5, 0.6) is 5.75 Å². The standard InChI is InChI=1S/C21H22N4O3/c1-27-18-5-3-4-15(14-18)10-12-22-19-11-13-23-21(25-19)24-17-8-6-16(7-9-17)20(26)28-2/h3-9,11,13-14H,10,12H2,1-2H3,(H2,22,23,24,25). The smallest absolute Gasteiger partial charge is 0.337 e. The Kier molecular flexibility index (Phi) is 6.41. The quantitative estimate of drug-likeness (QED) is 0.579. The van der Waals surface area contributed by atoms with Gasteiger partial charge in [-0.05, 0) is 54.4 Å². The number of nitrogens with zero attached hydrogens (tertiary/aromatic N) is 2. The molecule has 2 aromatic carbocycles. The fourth-order valence-corrected chi connectivity index (χ4v) is 2.62. The third-order valence-corrected chi connectivity index (χ3v) is 4.07. The molecule has 0 saturated heterocycles. The first-order chi connectivity index (χ1) is 13.7. The fraction of sp³-hybridized carbons (Fsp3) is 0.190. The molecule has 2 N–H and O–H groups in total. The highest BCUT2D eigenvalue weighted by molar-refractivity contribution is 5.89. The average Bonchev–Trinajstić information content (AvgIpc) is 2.74. The maximum absolute atomic E-state index is 11.5. The summed E-state index contributed by atoms with van der Waals surface area (Å²) in [7, 11) is 3.02. The highest BCUT2D eigenvalue weighted by Crippen LogP contribution is 2.16. The summed E-state index contributed by atoms with van der Waals surface area (Å²) in [6.07, 6.45) is 2.53. The molecule has 1 aromatic heterocycles. The molecule has 0 unspecified atom stereocenters. The van der Waals surface area contributed by atoms with E-state index in [9.17, 15) is 4.79 Å². The van der Waals surface area contributed by atoms with E-state index in [0.29, 0.717) is 11.5 Å². The van der Waals surface area contributed by atoms with Gasteiger partial charge in [0.15, 0.2) is 0 Å². The van der Waals surface area contributed by atoms with Crippen molar-refractivity contribution in [3.8, 4) is 5.75 Å². The van der Waals surface area contributed by atoms with Gasteiger partial charge in [0.25, 0.3) is 0 Å². The average molecular weight is 378 g/mol. The number of carbonyl (C=O) groups excluding carboxylic acids is 1. The van der Waals surface area contributed by atoms with E-state index >= 15 is 0 Å². The molecule has 3 aromatic rings. The Morgan fingerprint density at radius 1 is 1.07 bits per heavy atom. The lowest BCUT2D eigenvalue weighted by Crippen LogP contribution is -2.08. The third-order valence-electron chi connectivity index (χ3n) is 4.07. The number of nitrogens with one attached hydrogen (secondary N) is 2. The summed E-state index contributed by atoms with van der Waals surface area (Å²) in [5, 5.41) is 6.42. The highest BCUT2D eigenvalue weighted by Gasteiger charge is 2.05. The van der Waals surface area contributed by atoms with Crippen LogP contribution in [0.1, 0.15) is 15.9 Å². The Hall–Kier alpha value is -3.61. The van der Waals surface area contributed by atoms with Crippen LogP contribution in [0.4, 0.5) is 17.5 Å². The number of aromatic nitrogens is 2. The zero-order valence-corrected chi connectivity index (χ0v) is 15.8. The van der Waals surface area contributed by atoms with Gasteiger partial charge in [-0.15, -0.1) is 0 Å². The number of benzene rings is 2. The minimum atomic E-state index is -0.370. The Balaban J connectivity index is 1.57. The number of carbonyl (C=O) groups is 1. The summed E-state index contributed by atoms with van der Waals surface area (Å²) in [5.41, 5.74) is 2.45. The summed E-state index contributed by atoms with van der Waals surface area (Å²) in [4.78, 5) is 20.2. The fourth-order valence-electron chi connectivity index (χ4n) is 2.62. The van der Waals surface area contributed by atoms with Crippen molar-refractivity contribution in [2.75, 3.05) is 31.4 Å². The summed E-state index contributed by atoms with van der Waals surface area (Å²) in [6, 6.07) is 16.7. The SMILES string of the molecule is COC(=O)c1ccc(Nc2nccc(NCCc3cccc(OC)c3)n2)cc1. The number of rotatable bonds is 8. The van der Waals surface area contributed by atoms with Crippen LogP contribution in [-0.2, 0) is 11.2 Å². The van der Waals surface area contributed by atoms with Gasteiger partial charge in [-0.2, -0.15) is 4.98 Å². The van der Waals surface area contributed by atoms with Crippen LogP contribution < -0.4 is 15.4 Å². The van der Waals surface area contributed by atoms with Crippen LogP contribution in [0.15, 0.2) is 60.8 Å². The summed E-state index contributed by atoms with van der Waals surface area (Å²) in [6.45, 7) is 0.734. The van der Waals surface area contributed by atoms with E-state index in [2.05, 4.69) is 26.7 Å². The minimum absolute atomic E-state index is 0.370. The van der Waals surface area contributed by atoms with Crippen molar-refractivity contribution in [1.29, 1.82) is 0 Å². The predicted octanol–water partition coefficient (Wildman–Crippen LogP) is 3.67. The molecule has 1 heterocycles. The van der Waals surface area contributed by atoms with Gasteiger partial charge in [0, 0.05) is 18.4 Å². The number of anilines is 3. The van der Waals surface area contributed by atoms with Crippen molar-refractivity contribution in [2.45, 2.75) is 6.42 Å². The first-order valence-corrected chi connectivity index (χ1v) is 8.83. The highest BCUT2D eigenvalue weighted by atomic mass is 16.5. The number of methoxy groups -OCH3 is 2. The molecule has 7 nitrogen and oxygen atoms in total. The number of esters is 1. The van der Waals surface area contributed by atoms with Gasteiger partial charge in [-0.1, -0.05) is 12.1 Å². The normalized spacial score (nSPS) is 10.2. The predicted molar refractivity (Wildman–Crippen MR) is 108 cm³/mol. The molecule has 0 aliphatic carbocycles. The second-order valence-corrected chi connectivity index (χ2v) is 5.99. The number of ether oxygens (including phenoxy) is 2. The van der Waals surface area contributed by atoms with E-state index in [4.69, 9.17) is 9.47 Å². The van der Waals surface area contributed by atoms with Gasteiger partial charge in [0.2, 0.25) is 5.95 Å². The van der Waals surface area contributed by atoms with Crippen LogP contribution in [0.25, 0.3) is 0 Å². The van der Waals surface area contributed by atoms with Gasteiger partial charge in [0.1, 0.15) is 11.6 Å². The second kappa shape index (κ2) is 9.36. The second-order valence-electron chi connectivity index (χ2n) is 5.99. The first-order valence-electron chi connectivity index (χ1n) is 8.83. The Bertz CT molecular complexity index is 929. The monoisotopic (exact) mass is 378 g/mol. The molecule has 7 heteroatoms. The Morgan fingerprint density at radius 2 is 1.89 bits per heavy atom. The van der Waals surface area contributed by atoms with E-state index in [1.165, 1.54) is 12.7 Å². The zero-order chi connectivity index (χ0) is 19.8. The van der Waals surface area contributed by atoms with Crippen LogP contribution in [0.3, 0.4) is 0 Å². The molecule has 144 valence electrons. The summed E-state index contributed by atoms with van der Waals surface area (Å²) < 4.78 is 9.94. The molecule has 28 heavy (non-hydrogen) atoms. The molecular formula is C21H22N4O3. The molecule has 0 aliphatic heterocycles. The summed E-state index contributed by atoms with van der Waals surface area (Å²) >= 11 is 0. The number of hydrogen-bond donors (Lipinski definition) is 2. The van der Waals surface area contributed by atoms with Crippen LogP contribution >= 0.6 is 0 Å². The van der Waals surface area contributed by atoms with E-state index in [0.717, 1.165) is 30.2 Å². The van der Waals surface area contributed by atoms with Crippen molar-refractivity contribution in [2.24, 2.45) is 0 Å². The molecular weight excluding hydrogens is 356 g/mol. The topological polar surface area (TPSA) is 85.4 Å². The molecule has 0 radical (unpaired) electrons. The lowest BCUT2D eigenvalue weighted by Gasteiger charge is -2.09. The maximum Gasteiger partial charge on any atom is 0.337 e. The van der Waals surface area contributed by atoms with Gasteiger partial charge in [-0.25, -0.2) is 9.78 Å². The van der Waals surface area contributed by atoms with Gasteiger partial charge < -0.3 is 20.1 Å². The molecule has 0 saturated carbocycles. The van der Waals surface area contributed by atoms with E-state index in [1.54, 1.807) is 37.6 Å². The molecule has 0 atom stereocenters. The van der Waals surface area contributed by atoms with Gasteiger partial charge in [-0.3, -0.25) is 0 Å². The van der Waals surface area contributed by atoms with Crippen molar-refractivity contribution >= 4 is 23.4 Å². The first kappa shape index (κ1) is 19.2. The van der Waals surface area contributed by atoms with Gasteiger partial charge in [0.05, 0.1) is 19.8 Å². The van der Waals surface area contributed by atoms with E-state index in [-0.39, 0.29) is 5.97 Å². The molecule has 0 aliphatic rings. The van der Waals surface area contributed by atoms with Crippen molar-refractivity contribution in [3.05, 3.63) is 71.9 Å². The lowest BCUT2D eigenvalue weighted by molar-refractivity contribution is 0.0601. The largest absolute Gasteiger partial charge is 0.497 e. The van der Waals surface area contributed by atoms with E-state index < -0.39 is 0 Å². The number of hydrogen-bond acceptors (Lipinski definition) is 7. The lowest BCUT2D eigenvalue weighted by atomic mass is 10.1. The molecule has 0 bridgehead atoms. The van der Waals surface area contributed by atoms with Crippen molar-refractivity contribution in [3.63, 3.8) is 0 Å². The maximum atomic E-state index is 11.5. The molecule has 0 spiro atoms. The minimum Gasteiger partial charge on any atom is -0.497 e. The summed E-state index contributed by atoms with van der Waals surface area (Å²) in [5.74, 6) is 1.68. The molecule has 0 fully saturated rings. The Labute approximate surface area is 163 Å². The van der Waals surface area contributed by atoms with Crippen molar-refractivity contribution in [1.82, 2.24) is 9.97 Å². The molecule has 3 rings (SSSR count). The van der Waals surface area contributed by atoms with Crippen LogP contribution in [-0.4, -0.2) is 36.7 Å². The zero-order valence-electron chi connectivity index (χ0n) is 15.8.